The molecule has 8 heteroatoms. The normalized spacial score (nSPS) is 19.8. The van der Waals surface area contributed by atoms with Crippen LogP contribution in [0.1, 0.15) is 37.3 Å². The molecular formula is C25H22N2O4S2. The standard InChI is InChI=1S/C25H22N2O4S2/c1-4-30-24(29)21-14(2)26-25-27(22(21)19-10-7-11-32-19)23(28)20(33-25)13-17-12-16-8-5-6-9-18(16)31-15(17)3/h5-13,15,22H,4H2,1-3H3/b20-13+/t15-,22+/m0/s1. The number of hydrogen-bond acceptors (Lipinski definition) is 7. The third kappa shape index (κ3) is 3.79. The number of hydrogen-bond donors (Lipinski definition) is 0. The van der Waals surface area contributed by atoms with Crippen LogP contribution < -0.4 is 19.6 Å². The zero-order chi connectivity index (χ0) is 23.1. The van der Waals surface area contributed by atoms with Crippen LogP contribution in [0.15, 0.2) is 68.4 Å². The molecule has 168 valence electrons. The van der Waals surface area contributed by atoms with Crippen LogP contribution in [0.2, 0.25) is 0 Å². The number of nitrogens with zero attached hydrogens (tertiary/aromatic N) is 2. The zero-order valence-electron chi connectivity index (χ0n) is 18.4. The molecule has 0 bridgehead atoms. The number of para-hydroxylation sites is 1. The third-order valence-corrected chi connectivity index (χ3v) is 7.55. The Hall–Kier alpha value is -3.23. The average molecular weight is 479 g/mol. The summed E-state index contributed by atoms with van der Waals surface area (Å²) in [6.07, 6.45) is 3.73. The third-order valence-electron chi connectivity index (χ3n) is 5.64. The van der Waals surface area contributed by atoms with Crippen LogP contribution >= 0.6 is 22.7 Å². The van der Waals surface area contributed by atoms with Gasteiger partial charge < -0.3 is 9.47 Å². The van der Waals surface area contributed by atoms with Crippen LogP contribution in [0.4, 0.5) is 0 Å². The minimum Gasteiger partial charge on any atom is -0.485 e. The van der Waals surface area contributed by atoms with Gasteiger partial charge >= 0.3 is 5.97 Å². The molecule has 0 spiro atoms. The van der Waals surface area contributed by atoms with Crippen molar-refractivity contribution >= 4 is 40.8 Å². The Morgan fingerprint density at radius 3 is 2.85 bits per heavy atom. The van der Waals surface area contributed by atoms with E-state index in [1.165, 1.54) is 22.7 Å². The van der Waals surface area contributed by atoms with Gasteiger partial charge in [-0.25, -0.2) is 9.79 Å². The van der Waals surface area contributed by atoms with E-state index in [0.29, 0.717) is 20.6 Å². The monoisotopic (exact) mass is 478 g/mol. The first-order valence-electron chi connectivity index (χ1n) is 10.7. The maximum absolute atomic E-state index is 13.6. The number of carbonyl (C=O) groups excluding carboxylic acids is 1. The zero-order valence-corrected chi connectivity index (χ0v) is 20.0. The summed E-state index contributed by atoms with van der Waals surface area (Å²) < 4.78 is 13.5. The average Bonchev–Trinajstić information content (AvgIpc) is 3.42. The van der Waals surface area contributed by atoms with Crippen molar-refractivity contribution in [2.45, 2.75) is 32.9 Å². The highest BCUT2D eigenvalue weighted by Crippen LogP contribution is 2.33. The van der Waals surface area contributed by atoms with Gasteiger partial charge in [-0.05, 0) is 56.0 Å². The molecule has 6 nitrogen and oxygen atoms in total. The molecular weight excluding hydrogens is 456 g/mol. The maximum atomic E-state index is 13.6. The lowest BCUT2D eigenvalue weighted by Crippen LogP contribution is -2.39. The van der Waals surface area contributed by atoms with Gasteiger partial charge in [0, 0.05) is 10.4 Å². The number of benzene rings is 1. The Labute approximate surface area is 198 Å². The van der Waals surface area contributed by atoms with E-state index in [-0.39, 0.29) is 18.3 Å². The van der Waals surface area contributed by atoms with Gasteiger partial charge in [-0.15, -0.1) is 11.3 Å². The van der Waals surface area contributed by atoms with Crippen molar-refractivity contribution in [1.29, 1.82) is 0 Å². The number of rotatable bonds is 4. The van der Waals surface area contributed by atoms with Gasteiger partial charge in [-0.3, -0.25) is 9.36 Å². The Balaban J connectivity index is 1.68. The molecule has 0 aliphatic carbocycles. The minimum absolute atomic E-state index is 0.182. The lowest BCUT2D eigenvalue weighted by Gasteiger charge is -2.23. The molecule has 2 aromatic heterocycles. The topological polar surface area (TPSA) is 69.9 Å². The minimum atomic E-state index is -0.558. The van der Waals surface area contributed by atoms with Crippen molar-refractivity contribution in [2.24, 2.45) is 4.99 Å². The number of aromatic nitrogens is 1. The Kier molecular flexibility index (Phi) is 5.64. The molecule has 0 saturated heterocycles. The Morgan fingerprint density at radius 1 is 1.27 bits per heavy atom. The molecule has 5 rings (SSSR count). The number of ether oxygens (including phenoxy) is 2. The molecule has 0 saturated carbocycles. The van der Waals surface area contributed by atoms with Gasteiger partial charge in [-0.2, -0.15) is 0 Å². The van der Waals surface area contributed by atoms with Crippen molar-refractivity contribution in [3.8, 4) is 5.75 Å². The predicted octanol–water partition coefficient (Wildman–Crippen LogP) is 3.68. The molecule has 0 N–H and O–H groups in total. The summed E-state index contributed by atoms with van der Waals surface area (Å²) in [6.45, 7) is 5.78. The van der Waals surface area contributed by atoms with E-state index in [1.54, 1.807) is 18.4 Å². The fourth-order valence-corrected chi connectivity index (χ4v) is 5.95. The molecule has 0 amide bonds. The first-order valence-corrected chi connectivity index (χ1v) is 12.4. The van der Waals surface area contributed by atoms with E-state index >= 15 is 0 Å². The number of thiophene rings is 1. The molecule has 3 aromatic rings. The number of thiazole rings is 1. The van der Waals surface area contributed by atoms with Gasteiger partial charge in [0.1, 0.15) is 17.9 Å². The van der Waals surface area contributed by atoms with Crippen LogP contribution in [-0.4, -0.2) is 23.2 Å². The quantitative estimate of drug-likeness (QED) is 0.537. The second-order valence-electron chi connectivity index (χ2n) is 7.76. The lowest BCUT2D eigenvalue weighted by molar-refractivity contribution is -0.139. The van der Waals surface area contributed by atoms with E-state index in [2.05, 4.69) is 4.99 Å². The van der Waals surface area contributed by atoms with Gasteiger partial charge in [0.25, 0.3) is 5.56 Å². The van der Waals surface area contributed by atoms with Crippen LogP contribution in [-0.2, 0) is 9.53 Å². The van der Waals surface area contributed by atoms with Gasteiger partial charge in [0.2, 0.25) is 0 Å². The largest absolute Gasteiger partial charge is 0.485 e. The van der Waals surface area contributed by atoms with Crippen molar-refractivity contribution < 1.29 is 14.3 Å². The van der Waals surface area contributed by atoms with E-state index < -0.39 is 12.0 Å². The summed E-state index contributed by atoms with van der Waals surface area (Å²) in [5, 5.41) is 1.94. The first kappa shape index (κ1) is 21.6. The molecule has 1 aromatic carbocycles. The maximum Gasteiger partial charge on any atom is 0.338 e. The molecule has 2 aliphatic heterocycles. The van der Waals surface area contributed by atoms with Gasteiger partial charge in [0.05, 0.1) is 22.4 Å². The van der Waals surface area contributed by atoms with Crippen LogP contribution in [0.5, 0.6) is 5.75 Å². The number of carbonyl (C=O) groups is 1. The predicted molar refractivity (Wildman–Crippen MR) is 130 cm³/mol. The molecule has 0 radical (unpaired) electrons. The lowest BCUT2D eigenvalue weighted by atomic mass is 10.0. The molecule has 0 fully saturated rings. The second kappa shape index (κ2) is 8.61. The Morgan fingerprint density at radius 2 is 2.09 bits per heavy atom. The summed E-state index contributed by atoms with van der Waals surface area (Å²) in [5.41, 5.74) is 2.68. The summed E-state index contributed by atoms with van der Waals surface area (Å²) in [6, 6.07) is 11.1. The van der Waals surface area contributed by atoms with E-state index in [9.17, 15) is 9.59 Å². The van der Waals surface area contributed by atoms with Crippen LogP contribution in [0.25, 0.3) is 12.2 Å². The van der Waals surface area contributed by atoms with E-state index in [0.717, 1.165) is 21.8 Å². The van der Waals surface area contributed by atoms with Gasteiger partial charge in [-0.1, -0.05) is 35.6 Å². The number of esters is 1. The summed E-state index contributed by atoms with van der Waals surface area (Å²) in [4.78, 5) is 32.5. The Bertz CT molecular complexity index is 1480. The van der Waals surface area contributed by atoms with E-state index in [4.69, 9.17) is 9.47 Å². The summed E-state index contributed by atoms with van der Waals surface area (Å²) in [5.74, 6) is 0.385. The van der Waals surface area contributed by atoms with Crippen molar-refractivity contribution in [1.82, 2.24) is 4.57 Å². The second-order valence-corrected chi connectivity index (χ2v) is 9.75. The highest BCUT2D eigenvalue weighted by molar-refractivity contribution is 7.10. The number of fused-ring (bicyclic) bond motifs is 2. The molecule has 2 atom stereocenters. The molecule has 4 heterocycles. The van der Waals surface area contributed by atoms with Crippen molar-refractivity contribution in [3.63, 3.8) is 0 Å². The summed E-state index contributed by atoms with van der Waals surface area (Å²) >= 11 is 2.82. The summed E-state index contributed by atoms with van der Waals surface area (Å²) in [7, 11) is 0. The van der Waals surface area contributed by atoms with Crippen LogP contribution in [0.3, 0.4) is 0 Å². The highest BCUT2D eigenvalue weighted by atomic mass is 32.1. The fourth-order valence-electron chi connectivity index (χ4n) is 4.08. The van der Waals surface area contributed by atoms with Gasteiger partial charge in [0.15, 0.2) is 4.80 Å². The smallest absolute Gasteiger partial charge is 0.338 e. The molecule has 33 heavy (non-hydrogen) atoms. The SMILES string of the molecule is CCOC(=O)C1=C(C)N=c2s/c(=C/C3=Cc4ccccc4O[C@H]3C)c(=O)n2[C@@H]1c1cccs1. The first-order chi connectivity index (χ1) is 16.0. The van der Waals surface area contributed by atoms with E-state index in [1.807, 2.05) is 60.9 Å². The van der Waals surface area contributed by atoms with Crippen molar-refractivity contribution in [3.05, 3.63) is 88.7 Å². The van der Waals surface area contributed by atoms with Crippen LogP contribution in [0, 0.1) is 0 Å². The molecule has 2 aliphatic rings. The molecule has 0 unspecified atom stereocenters. The fraction of sp³-hybridized carbons (Fsp3) is 0.240. The number of allylic oxidation sites excluding steroid dienone is 1. The van der Waals surface area contributed by atoms with Crippen molar-refractivity contribution in [2.75, 3.05) is 6.61 Å². The highest BCUT2D eigenvalue weighted by Gasteiger charge is 2.34.